The fraction of sp³-hybridized carbons (Fsp3) is 0.519. The van der Waals surface area contributed by atoms with Gasteiger partial charge in [-0.15, -0.1) is 0 Å². The van der Waals surface area contributed by atoms with Crippen molar-refractivity contribution in [1.29, 1.82) is 5.26 Å². The van der Waals surface area contributed by atoms with E-state index in [1.165, 1.54) is 9.80 Å². The van der Waals surface area contributed by atoms with Crippen LogP contribution in [0, 0.1) is 11.5 Å². The SMILES string of the molecule is N#CN1CC(O)CC1C(=O)N(c1ccc(C2CC2)cn1)C(C(=O)NC1CCCCC1)c1cccnc1. The maximum atomic E-state index is 14.1. The van der Waals surface area contributed by atoms with E-state index in [-0.39, 0.29) is 24.9 Å². The van der Waals surface area contributed by atoms with Crippen molar-refractivity contribution in [2.24, 2.45) is 0 Å². The smallest absolute Gasteiger partial charge is 0.252 e. The Bertz CT molecular complexity index is 1110. The van der Waals surface area contributed by atoms with Gasteiger partial charge in [-0.25, -0.2) is 4.98 Å². The first-order chi connectivity index (χ1) is 17.5. The van der Waals surface area contributed by atoms with Crippen molar-refractivity contribution >= 4 is 17.6 Å². The highest BCUT2D eigenvalue weighted by molar-refractivity contribution is 6.03. The number of nitrogens with zero attached hydrogens (tertiary/aromatic N) is 5. The second-order valence-electron chi connectivity index (χ2n) is 10.1. The van der Waals surface area contributed by atoms with E-state index in [0.29, 0.717) is 17.3 Å². The van der Waals surface area contributed by atoms with Crippen molar-refractivity contribution < 1.29 is 14.7 Å². The number of likely N-dealkylation sites (tertiary alicyclic amines) is 1. The molecule has 5 rings (SSSR count). The molecule has 3 heterocycles. The van der Waals surface area contributed by atoms with Gasteiger partial charge in [-0.3, -0.25) is 24.4 Å². The summed E-state index contributed by atoms with van der Waals surface area (Å²) >= 11 is 0. The number of amides is 2. The number of carbonyl (C=O) groups is 2. The van der Waals surface area contributed by atoms with Crippen LogP contribution in [0.4, 0.5) is 5.82 Å². The van der Waals surface area contributed by atoms with Crippen LogP contribution in [-0.2, 0) is 9.59 Å². The van der Waals surface area contributed by atoms with E-state index in [0.717, 1.165) is 50.5 Å². The first kappa shape index (κ1) is 24.2. The molecule has 1 aliphatic heterocycles. The maximum absolute atomic E-state index is 14.1. The Hall–Kier alpha value is -3.51. The molecular weight excluding hydrogens is 456 g/mol. The highest BCUT2D eigenvalue weighted by atomic mass is 16.3. The van der Waals surface area contributed by atoms with E-state index in [9.17, 15) is 20.0 Å². The summed E-state index contributed by atoms with van der Waals surface area (Å²) in [5.74, 6) is 0.112. The monoisotopic (exact) mass is 488 g/mol. The molecule has 0 aromatic carbocycles. The van der Waals surface area contributed by atoms with Gasteiger partial charge in [0.25, 0.3) is 5.91 Å². The van der Waals surface area contributed by atoms with E-state index in [2.05, 4.69) is 15.3 Å². The second-order valence-corrected chi connectivity index (χ2v) is 10.1. The molecule has 3 aliphatic rings. The normalized spacial score (nSPS) is 23.1. The predicted octanol–water partition coefficient (Wildman–Crippen LogP) is 2.79. The van der Waals surface area contributed by atoms with Gasteiger partial charge in [-0.05, 0) is 49.3 Å². The highest BCUT2D eigenvalue weighted by Gasteiger charge is 2.43. The second kappa shape index (κ2) is 10.6. The average Bonchev–Trinajstić information content (AvgIpc) is 3.69. The molecule has 3 fully saturated rings. The molecule has 0 radical (unpaired) electrons. The number of carbonyl (C=O) groups excluding carboxylic acids is 2. The lowest BCUT2D eigenvalue weighted by Crippen LogP contribution is -2.52. The molecule has 2 saturated carbocycles. The number of nitriles is 1. The molecule has 2 aromatic heterocycles. The number of aliphatic hydroxyl groups excluding tert-OH is 1. The van der Waals surface area contributed by atoms with Crippen LogP contribution in [0.15, 0.2) is 42.9 Å². The van der Waals surface area contributed by atoms with E-state index in [1.807, 2.05) is 12.3 Å². The van der Waals surface area contributed by atoms with Crippen molar-refractivity contribution in [2.45, 2.75) is 81.5 Å². The average molecular weight is 489 g/mol. The van der Waals surface area contributed by atoms with Gasteiger partial charge in [0.2, 0.25) is 5.91 Å². The Morgan fingerprint density at radius 1 is 1.14 bits per heavy atom. The molecule has 2 aliphatic carbocycles. The molecule has 188 valence electrons. The van der Waals surface area contributed by atoms with Crippen molar-refractivity contribution in [3.63, 3.8) is 0 Å². The summed E-state index contributed by atoms with van der Waals surface area (Å²) in [4.78, 5) is 39.5. The van der Waals surface area contributed by atoms with Gasteiger partial charge in [-0.1, -0.05) is 31.4 Å². The molecule has 9 nitrogen and oxygen atoms in total. The van der Waals surface area contributed by atoms with Crippen LogP contribution in [0.25, 0.3) is 0 Å². The number of pyridine rings is 2. The van der Waals surface area contributed by atoms with Crippen molar-refractivity contribution in [3.8, 4) is 6.19 Å². The standard InChI is InChI=1S/C27H32N6O3/c28-17-32-16-22(34)13-23(32)27(36)33(24-11-10-19(15-30-24)18-8-9-18)25(20-5-4-12-29-14-20)26(35)31-21-6-2-1-3-7-21/h4-5,10-12,14-15,18,21-23,25,34H,1-3,6-9,13,16H2,(H,31,35). The zero-order valence-corrected chi connectivity index (χ0v) is 20.3. The lowest BCUT2D eigenvalue weighted by molar-refractivity contribution is -0.128. The Labute approximate surface area is 211 Å². The Balaban J connectivity index is 1.54. The van der Waals surface area contributed by atoms with Crippen LogP contribution in [0.2, 0.25) is 0 Å². The van der Waals surface area contributed by atoms with Crippen LogP contribution >= 0.6 is 0 Å². The van der Waals surface area contributed by atoms with Crippen LogP contribution in [-0.4, -0.2) is 56.5 Å². The van der Waals surface area contributed by atoms with Gasteiger partial charge in [0, 0.05) is 36.6 Å². The first-order valence-electron chi connectivity index (χ1n) is 12.9. The van der Waals surface area contributed by atoms with E-state index in [1.54, 1.807) is 36.8 Å². The van der Waals surface area contributed by atoms with Gasteiger partial charge in [0.05, 0.1) is 12.6 Å². The molecule has 0 spiro atoms. The quantitative estimate of drug-likeness (QED) is 0.575. The van der Waals surface area contributed by atoms with Gasteiger partial charge < -0.3 is 10.4 Å². The minimum Gasteiger partial charge on any atom is -0.391 e. The molecule has 0 bridgehead atoms. The third-order valence-corrected chi connectivity index (χ3v) is 7.45. The number of aromatic nitrogens is 2. The minimum absolute atomic E-state index is 0.0523. The number of hydrogen-bond acceptors (Lipinski definition) is 7. The molecule has 36 heavy (non-hydrogen) atoms. The number of hydrogen-bond donors (Lipinski definition) is 2. The van der Waals surface area contributed by atoms with Crippen LogP contribution in [0.1, 0.15) is 74.5 Å². The summed E-state index contributed by atoms with van der Waals surface area (Å²) in [6.45, 7) is 0.0840. The number of anilines is 1. The number of nitrogens with one attached hydrogen (secondary N) is 1. The summed E-state index contributed by atoms with van der Waals surface area (Å²) in [6.07, 6.45) is 13.7. The third kappa shape index (κ3) is 5.19. The lowest BCUT2D eigenvalue weighted by atomic mass is 9.94. The van der Waals surface area contributed by atoms with E-state index >= 15 is 0 Å². The van der Waals surface area contributed by atoms with Gasteiger partial charge in [0.1, 0.15) is 17.9 Å². The zero-order chi connectivity index (χ0) is 25.1. The largest absolute Gasteiger partial charge is 0.391 e. The zero-order valence-electron chi connectivity index (χ0n) is 20.3. The Morgan fingerprint density at radius 2 is 1.94 bits per heavy atom. The van der Waals surface area contributed by atoms with Gasteiger partial charge in [0.15, 0.2) is 6.19 Å². The predicted molar refractivity (Wildman–Crippen MR) is 132 cm³/mol. The number of β-amino-alcohol motifs (C(OH)–C–C–N with tert-alkyl or cyclic N) is 1. The van der Waals surface area contributed by atoms with E-state index < -0.39 is 24.1 Å². The topological polar surface area (TPSA) is 122 Å². The van der Waals surface area contributed by atoms with Gasteiger partial charge in [-0.2, -0.15) is 5.26 Å². The summed E-state index contributed by atoms with van der Waals surface area (Å²) < 4.78 is 0. The van der Waals surface area contributed by atoms with Crippen LogP contribution < -0.4 is 10.2 Å². The fourth-order valence-corrected chi connectivity index (χ4v) is 5.37. The van der Waals surface area contributed by atoms with Crippen LogP contribution in [0.5, 0.6) is 0 Å². The molecule has 1 saturated heterocycles. The molecule has 2 N–H and O–H groups in total. The number of rotatable bonds is 7. The third-order valence-electron chi connectivity index (χ3n) is 7.45. The lowest BCUT2D eigenvalue weighted by Gasteiger charge is -2.34. The summed E-state index contributed by atoms with van der Waals surface area (Å²) in [6, 6.07) is 5.43. The van der Waals surface area contributed by atoms with Gasteiger partial charge >= 0.3 is 0 Å². The molecule has 2 aromatic rings. The minimum atomic E-state index is -1.01. The van der Waals surface area contributed by atoms with Crippen molar-refractivity contribution in [1.82, 2.24) is 20.2 Å². The summed E-state index contributed by atoms with van der Waals surface area (Å²) in [5, 5.41) is 23.0. The van der Waals surface area contributed by atoms with Crippen LogP contribution in [0.3, 0.4) is 0 Å². The Kier molecular flexibility index (Phi) is 7.14. The summed E-state index contributed by atoms with van der Waals surface area (Å²) in [7, 11) is 0. The Morgan fingerprint density at radius 3 is 2.58 bits per heavy atom. The maximum Gasteiger partial charge on any atom is 0.252 e. The van der Waals surface area contributed by atoms with E-state index in [4.69, 9.17) is 0 Å². The summed E-state index contributed by atoms with van der Waals surface area (Å²) in [5.41, 5.74) is 1.68. The first-order valence-corrected chi connectivity index (χ1v) is 12.9. The van der Waals surface area contributed by atoms with Crippen molar-refractivity contribution in [2.75, 3.05) is 11.4 Å². The molecular formula is C27H32N6O3. The molecule has 2 amide bonds. The molecule has 3 unspecified atom stereocenters. The van der Waals surface area contributed by atoms with Crippen molar-refractivity contribution in [3.05, 3.63) is 54.0 Å². The fourth-order valence-electron chi connectivity index (χ4n) is 5.37. The highest BCUT2D eigenvalue weighted by Crippen LogP contribution is 2.40. The molecule has 9 heteroatoms. The molecule has 3 atom stereocenters. The number of aliphatic hydroxyl groups is 1.